The molecule has 4 atom stereocenters. The molecule has 1 aromatic rings. The Balaban J connectivity index is 1.39. The van der Waals surface area contributed by atoms with E-state index < -0.39 is 23.3 Å². The number of nitrogens with zero attached hydrogens (tertiary/aromatic N) is 1. The zero-order chi connectivity index (χ0) is 21.5. The maximum absolute atomic E-state index is 13.1. The van der Waals surface area contributed by atoms with Crippen LogP contribution in [0.3, 0.4) is 0 Å². The number of benzene rings is 1. The molecule has 0 bridgehead atoms. The SMILES string of the molecule is COc1cccc(C2CCN(C(=O)C3NCC4(CC3C(=O)O)CC4C(N)=O)CC2)c1. The van der Waals surface area contributed by atoms with Crippen LogP contribution in [-0.4, -0.2) is 60.6 Å². The molecule has 8 heteroatoms. The molecule has 2 amide bonds. The molecule has 0 radical (unpaired) electrons. The third-order valence-electron chi connectivity index (χ3n) is 7.19. The van der Waals surface area contributed by atoms with Crippen LogP contribution in [0.15, 0.2) is 24.3 Å². The summed E-state index contributed by atoms with van der Waals surface area (Å²) < 4.78 is 5.31. The summed E-state index contributed by atoms with van der Waals surface area (Å²) in [6, 6.07) is 7.25. The number of carbonyl (C=O) groups is 3. The van der Waals surface area contributed by atoms with E-state index in [0.29, 0.717) is 38.4 Å². The topological polar surface area (TPSA) is 122 Å². The molecule has 0 aromatic heterocycles. The fourth-order valence-electron chi connectivity index (χ4n) is 5.27. The number of hydrogen-bond donors (Lipinski definition) is 3. The van der Waals surface area contributed by atoms with Crippen molar-refractivity contribution < 1.29 is 24.2 Å². The Morgan fingerprint density at radius 1 is 1.23 bits per heavy atom. The Bertz CT molecular complexity index is 851. The van der Waals surface area contributed by atoms with Gasteiger partial charge in [0.15, 0.2) is 0 Å². The molecule has 162 valence electrons. The second kappa shape index (κ2) is 7.91. The van der Waals surface area contributed by atoms with Crippen LogP contribution in [0.25, 0.3) is 0 Å². The van der Waals surface area contributed by atoms with Crippen LogP contribution in [0.1, 0.15) is 37.2 Å². The smallest absolute Gasteiger partial charge is 0.308 e. The number of ether oxygens (including phenoxy) is 1. The van der Waals surface area contributed by atoms with Gasteiger partial charge in [-0.25, -0.2) is 0 Å². The molecule has 30 heavy (non-hydrogen) atoms. The molecular weight excluding hydrogens is 386 g/mol. The lowest BCUT2D eigenvalue weighted by molar-refractivity contribution is -0.151. The second-order valence-corrected chi connectivity index (χ2v) is 8.91. The molecule has 1 aliphatic carbocycles. The molecule has 2 heterocycles. The van der Waals surface area contributed by atoms with Gasteiger partial charge in [-0.05, 0) is 54.7 Å². The fraction of sp³-hybridized carbons (Fsp3) is 0.591. The molecule has 2 aliphatic heterocycles. The van der Waals surface area contributed by atoms with Crippen LogP contribution >= 0.6 is 0 Å². The number of amides is 2. The Morgan fingerprint density at radius 2 is 1.97 bits per heavy atom. The van der Waals surface area contributed by atoms with Gasteiger partial charge in [0.2, 0.25) is 11.8 Å². The predicted octanol–water partition coefficient (Wildman–Crippen LogP) is 0.956. The van der Waals surface area contributed by atoms with Crippen molar-refractivity contribution in [2.24, 2.45) is 23.0 Å². The van der Waals surface area contributed by atoms with Crippen LogP contribution in [0.2, 0.25) is 0 Å². The highest BCUT2D eigenvalue weighted by molar-refractivity contribution is 5.89. The van der Waals surface area contributed by atoms with E-state index in [1.807, 2.05) is 18.2 Å². The molecule has 3 fully saturated rings. The van der Waals surface area contributed by atoms with E-state index in [0.717, 1.165) is 18.6 Å². The van der Waals surface area contributed by atoms with Crippen LogP contribution in [-0.2, 0) is 14.4 Å². The Labute approximate surface area is 175 Å². The second-order valence-electron chi connectivity index (χ2n) is 8.91. The van der Waals surface area contributed by atoms with Crippen molar-refractivity contribution in [3.05, 3.63) is 29.8 Å². The van der Waals surface area contributed by atoms with Crippen molar-refractivity contribution in [1.82, 2.24) is 10.2 Å². The molecular formula is C22H29N3O5. The number of piperidine rings is 2. The number of hydrogen-bond acceptors (Lipinski definition) is 5. The number of aliphatic carboxylic acids is 1. The standard InChI is InChI=1S/C22H29N3O5/c1-30-15-4-2-3-14(9-15)13-5-7-25(8-6-13)20(27)18-16(21(28)29)10-22(12-24-18)11-17(22)19(23)26/h2-4,9,13,16-18,24H,5-8,10-12H2,1H3,(H2,23,26)(H,28,29). The van der Waals surface area contributed by atoms with Crippen molar-refractivity contribution >= 4 is 17.8 Å². The highest BCUT2D eigenvalue weighted by Gasteiger charge is 2.62. The lowest BCUT2D eigenvalue weighted by atomic mass is 9.80. The minimum atomic E-state index is -0.999. The van der Waals surface area contributed by atoms with E-state index in [1.54, 1.807) is 12.0 Å². The summed E-state index contributed by atoms with van der Waals surface area (Å²) in [6.07, 6.45) is 2.58. The lowest BCUT2D eigenvalue weighted by Crippen LogP contribution is -2.58. The summed E-state index contributed by atoms with van der Waals surface area (Å²) in [5.41, 5.74) is 6.22. The molecule has 1 spiro atoms. The van der Waals surface area contributed by atoms with Gasteiger partial charge in [0, 0.05) is 25.6 Å². The van der Waals surface area contributed by atoms with Gasteiger partial charge in [0.05, 0.1) is 13.0 Å². The predicted molar refractivity (Wildman–Crippen MR) is 109 cm³/mol. The van der Waals surface area contributed by atoms with E-state index in [9.17, 15) is 19.5 Å². The van der Waals surface area contributed by atoms with E-state index in [2.05, 4.69) is 11.4 Å². The Hall–Kier alpha value is -2.61. The molecule has 3 aliphatic rings. The third-order valence-corrected chi connectivity index (χ3v) is 7.19. The Kier molecular flexibility index (Phi) is 5.44. The largest absolute Gasteiger partial charge is 0.497 e. The first-order valence-corrected chi connectivity index (χ1v) is 10.5. The molecule has 4 rings (SSSR count). The molecule has 1 saturated carbocycles. The van der Waals surface area contributed by atoms with Crippen molar-refractivity contribution in [3.63, 3.8) is 0 Å². The van der Waals surface area contributed by atoms with Gasteiger partial charge in [0.25, 0.3) is 0 Å². The monoisotopic (exact) mass is 415 g/mol. The van der Waals surface area contributed by atoms with E-state index in [4.69, 9.17) is 10.5 Å². The Morgan fingerprint density at radius 3 is 2.57 bits per heavy atom. The van der Waals surface area contributed by atoms with Gasteiger partial charge in [-0.3, -0.25) is 14.4 Å². The number of carboxylic acid groups (broad SMARTS) is 1. The average molecular weight is 415 g/mol. The first kappa shape index (κ1) is 20.7. The van der Waals surface area contributed by atoms with E-state index in [-0.39, 0.29) is 17.7 Å². The maximum atomic E-state index is 13.1. The van der Waals surface area contributed by atoms with Crippen molar-refractivity contribution in [3.8, 4) is 5.75 Å². The first-order valence-electron chi connectivity index (χ1n) is 10.5. The minimum absolute atomic E-state index is 0.155. The normalized spacial score (nSPS) is 31.4. The summed E-state index contributed by atoms with van der Waals surface area (Å²) in [4.78, 5) is 38.4. The first-order chi connectivity index (χ1) is 14.3. The number of likely N-dealkylation sites (tertiary alicyclic amines) is 1. The van der Waals surface area contributed by atoms with Gasteiger partial charge in [-0.1, -0.05) is 12.1 Å². The summed E-state index contributed by atoms with van der Waals surface area (Å²) in [5.74, 6) is -1.49. The average Bonchev–Trinajstić information content (AvgIpc) is 3.46. The molecule has 8 nitrogen and oxygen atoms in total. The number of carbonyl (C=O) groups excluding carboxylic acids is 2. The van der Waals surface area contributed by atoms with Gasteiger partial charge >= 0.3 is 5.97 Å². The number of carboxylic acids is 1. The number of nitrogens with one attached hydrogen (secondary N) is 1. The summed E-state index contributed by atoms with van der Waals surface area (Å²) >= 11 is 0. The van der Waals surface area contributed by atoms with Crippen LogP contribution in [0.5, 0.6) is 5.75 Å². The zero-order valence-corrected chi connectivity index (χ0v) is 17.2. The molecule has 4 unspecified atom stereocenters. The van der Waals surface area contributed by atoms with E-state index in [1.165, 1.54) is 5.56 Å². The quantitative estimate of drug-likeness (QED) is 0.658. The van der Waals surface area contributed by atoms with E-state index >= 15 is 0 Å². The van der Waals surface area contributed by atoms with Crippen molar-refractivity contribution in [2.45, 2.75) is 37.6 Å². The van der Waals surface area contributed by atoms with Gasteiger partial charge in [0.1, 0.15) is 11.8 Å². The van der Waals surface area contributed by atoms with Crippen LogP contribution in [0.4, 0.5) is 0 Å². The number of nitrogens with two attached hydrogens (primary N) is 1. The zero-order valence-electron chi connectivity index (χ0n) is 17.2. The summed E-state index contributed by atoms with van der Waals surface area (Å²) in [7, 11) is 1.65. The van der Waals surface area contributed by atoms with Gasteiger partial charge < -0.3 is 25.8 Å². The van der Waals surface area contributed by atoms with Gasteiger partial charge in [-0.2, -0.15) is 0 Å². The lowest BCUT2D eigenvalue weighted by Gasteiger charge is -2.39. The highest BCUT2D eigenvalue weighted by atomic mass is 16.5. The molecule has 2 saturated heterocycles. The summed E-state index contributed by atoms with van der Waals surface area (Å²) in [5, 5.41) is 12.9. The fourth-order valence-corrected chi connectivity index (χ4v) is 5.27. The van der Waals surface area contributed by atoms with Crippen molar-refractivity contribution in [1.29, 1.82) is 0 Å². The number of methoxy groups -OCH3 is 1. The van der Waals surface area contributed by atoms with Crippen LogP contribution in [0, 0.1) is 17.3 Å². The van der Waals surface area contributed by atoms with Crippen molar-refractivity contribution in [2.75, 3.05) is 26.7 Å². The number of primary amides is 1. The third kappa shape index (κ3) is 3.76. The number of rotatable bonds is 5. The maximum Gasteiger partial charge on any atom is 0.308 e. The highest BCUT2D eigenvalue weighted by Crippen LogP contribution is 2.58. The molecule has 1 aromatic carbocycles. The van der Waals surface area contributed by atoms with Crippen LogP contribution < -0.4 is 15.8 Å². The summed E-state index contributed by atoms with van der Waals surface area (Å²) in [6.45, 7) is 1.65. The minimum Gasteiger partial charge on any atom is -0.497 e. The molecule has 4 N–H and O–H groups in total. The van der Waals surface area contributed by atoms with Gasteiger partial charge in [-0.15, -0.1) is 0 Å².